The summed E-state index contributed by atoms with van der Waals surface area (Å²) in [6, 6.07) is -0.750. The van der Waals surface area contributed by atoms with Crippen LogP contribution in [0.3, 0.4) is 0 Å². The maximum absolute atomic E-state index is 12.6. The Labute approximate surface area is 154 Å². The number of halogens is 3. The SMILES string of the molecule is CCOC(=O)C1=C2CC(N[S+]([O-])C(F)(F)F)CN2C(c2nccs2)=NC1. The van der Waals surface area contributed by atoms with Crippen LogP contribution in [-0.2, 0) is 20.9 Å². The van der Waals surface area contributed by atoms with Gasteiger partial charge < -0.3 is 14.2 Å². The van der Waals surface area contributed by atoms with Crippen LogP contribution in [-0.4, -0.2) is 57.5 Å². The van der Waals surface area contributed by atoms with E-state index in [2.05, 4.69) is 14.7 Å². The molecule has 2 aliphatic heterocycles. The molecule has 0 amide bonds. The zero-order valence-corrected chi connectivity index (χ0v) is 15.2. The van der Waals surface area contributed by atoms with E-state index in [0.717, 1.165) is 0 Å². The number of nitrogens with one attached hydrogen (secondary N) is 1. The van der Waals surface area contributed by atoms with Crippen LogP contribution in [0.15, 0.2) is 27.8 Å². The Morgan fingerprint density at radius 3 is 2.96 bits per heavy atom. The lowest BCUT2D eigenvalue weighted by molar-refractivity contribution is -0.138. The van der Waals surface area contributed by atoms with Crippen molar-refractivity contribution >= 4 is 34.5 Å². The molecule has 2 aliphatic rings. The highest BCUT2D eigenvalue weighted by molar-refractivity contribution is 7.90. The van der Waals surface area contributed by atoms with Crippen molar-refractivity contribution in [2.75, 3.05) is 19.7 Å². The van der Waals surface area contributed by atoms with Gasteiger partial charge in [0.2, 0.25) is 0 Å². The summed E-state index contributed by atoms with van der Waals surface area (Å²) < 4.78 is 56.2. The molecule has 2 atom stereocenters. The molecule has 1 N–H and O–H groups in total. The van der Waals surface area contributed by atoms with Crippen LogP contribution >= 0.6 is 11.3 Å². The number of nitrogens with zero attached hydrogens (tertiary/aromatic N) is 3. The third kappa shape index (κ3) is 3.87. The number of thiazole rings is 1. The van der Waals surface area contributed by atoms with Gasteiger partial charge in [0.1, 0.15) is 0 Å². The van der Waals surface area contributed by atoms with Crippen LogP contribution < -0.4 is 4.72 Å². The first kappa shape index (κ1) is 19.1. The number of fused-ring (bicyclic) bond motifs is 1. The normalized spacial score (nSPS) is 21.5. The molecule has 12 heteroatoms. The van der Waals surface area contributed by atoms with Crippen LogP contribution in [0.1, 0.15) is 18.4 Å². The number of aliphatic imine (C=N–C) groups is 1. The van der Waals surface area contributed by atoms with E-state index in [4.69, 9.17) is 4.74 Å². The molecule has 2 unspecified atom stereocenters. The fourth-order valence-electron chi connectivity index (χ4n) is 2.78. The van der Waals surface area contributed by atoms with E-state index >= 15 is 0 Å². The van der Waals surface area contributed by atoms with Crippen LogP contribution in [0, 0.1) is 0 Å². The van der Waals surface area contributed by atoms with Crippen LogP contribution in [0.5, 0.6) is 0 Å². The first-order chi connectivity index (χ1) is 12.3. The summed E-state index contributed by atoms with van der Waals surface area (Å²) in [5, 5.41) is 2.36. The molecule has 142 valence electrons. The van der Waals surface area contributed by atoms with Crippen LogP contribution in [0.25, 0.3) is 0 Å². The summed E-state index contributed by atoms with van der Waals surface area (Å²) in [5.74, 6) is -0.0582. The number of alkyl halides is 3. The third-order valence-corrected chi connectivity index (χ3v) is 5.53. The number of esters is 1. The first-order valence-corrected chi connectivity index (χ1v) is 9.70. The molecule has 0 spiro atoms. The number of carbonyl (C=O) groups is 1. The molecule has 1 fully saturated rings. The average Bonchev–Trinajstić information content (AvgIpc) is 3.22. The molecule has 1 aromatic heterocycles. The van der Waals surface area contributed by atoms with Crippen molar-refractivity contribution in [1.82, 2.24) is 14.6 Å². The van der Waals surface area contributed by atoms with Gasteiger partial charge in [-0.3, -0.25) is 4.99 Å². The molecule has 0 bridgehead atoms. The van der Waals surface area contributed by atoms with Crippen molar-refractivity contribution in [2.45, 2.75) is 24.9 Å². The quantitative estimate of drug-likeness (QED) is 0.588. The van der Waals surface area contributed by atoms with E-state index in [1.807, 2.05) is 0 Å². The molecule has 0 saturated carbocycles. The molecule has 0 aromatic carbocycles. The lowest BCUT2D eigenvalue weighted by Gasteiger charge is -2.26. The second-order valence-corrected chi connectivity index (χ2v) is 7.60. The highest BCUT2D eigenvalue weighted by Gasteiger charge is 2.48. The van der Waals surface area contributed by atoms with Crippen molar-refractivity contribution in [3.63, 3.8) is 0 Å². The summed E-state index contributed by atoms with van der Waals surface area (Å²) in [4.78, 5) is 22.4. The number of rotatable bonds is 5. The predicted octanol–water partition coefficient (Wildman–Crippen LogP) is 1.57. The number of carbonyl (C=O) groups excluding carboxylic acids is 1. The van der Waals surface area contributed by atoms with Crippen molar-refractivity contribution < 1.29 is 27.3 Å². The Morgan fingerprint density at radius 1 is 1.58 bits per heavy atom. The van der Waals surface area contributed by atoms with E-state index in [-0.39, 0.29) is 26.1 Å². The van der Waals surface area contributed by atoms with Crippen LogP contribution in [0.4, 0.5) is 13.2 Å². The second kappa shape index (κ2) is 7.55. The van der Waals surface area contributed by atoms with E-state index in [1.165, 1.54) is 11.3 Å². The Hall–Kier alpha value is -1.63. The molecule has 0 aliphatic carbocycles. The van der Waals surface area contributed by atoms with Gasteiger partial charge in [-0.25, -0.2) is 9.78 Å². The van der Waals surface area contributed by atoms with E-state index in [9.17, 15) is 22.5 Å². The van der Waals surface area contributed by atoms with E-state index in [0.29, 0.717) is 22.1 Å². The average molecular weight is 408 g/mol. The lowest BCUT2D eigenvalue weighted by Crippen LogP contribution is -2.44. The largest absolute Gasteiger partial charge is 0.592 e. The van der Waals surface area contributed by atoms with Gasteiger partial charge in [0.05, 0.1) is 24.8 Å². The number of ether oxygens (including phenoxy) is 1. The Bertz CT molecular complexity index is 736. The monoisotopic (exact) mass is 408 g/mol. The minimum Gasteiger partial charge on any atom is -0.591 e. The highest BCUT2D eigenvalue weighted by atomic mass is 32.2. The van der Waals surface area contributed by atoms with Gasteiger partial charge >= 0.3 is 11.5 Å². The number of aromatic nitrogens is 1. The Balaban J connectivity index is 1.87. The lowest BCUT2D eigenvalue weighted by atomic mass is 10.1. The summed E-state index contributed by atoms with van der Waals surface area (Å²) in [6.07, 6.45) is 1.71. The van der Waals surface area contributed by atoms with Crippen molar-refractivity contribution in [1.29, 1.82) is 0 Å². The zero-order valence-electron chi connectivity index (χ0n) is 13.6. The van der Waals surface area contributed by atoms with Gasteiger partial charge in [0, 0.05) is 30.2 Å². The van der Waals surface area contributed by atoms with Gasteiger partial charge in [-0.2, -0.15) is 0 Å². The minimum atomic E-state index is -4.85. The summed E-state index contributed by atoms with van der Waals surface area (Å²) >= 11 is -1.85. The van der Waals surface area contributed by atoms with Gasteiger partial charge in [-0.05, 0) is 6.92 Å². The van der Waals surface area contributed by atoms with Gasteiger partial charge in [-0.1, -0.05) is 0 Å². The maximum Gasteiger partial charge on any atom is 0.592 e. The van der Waals surface area contributed by atoms with Gasteiger partial charge in [0.15, 0.2) is 22.2 Å². The molecule has 1 aromatic rings. The van der Waals surface area contributed by atoms with Crippen molar-refractivity contribution in [3.8, 4) is 0 Å². The molecular weight excluding hydrogens is 393 g/mol. The Kier molecular flexibility index (Phi) is 5.55. The molecule has 0 radical (unpaired) electrons. The predicted molar refractivity (Wildman–Crippen MR) is 89.6 cm³/mol. The summed E-state index contributed by atoms with van der Waals surface area (Å²) in [5.41, 5.74) is -4.03. The Morgan fingerprint density at radius 2 is 2.35 bits per heavy atom. The summed E-state index contributed by atoms with van der Waals surface area (Å²) in [6.45, 7) is 2.00. The smallest absolute Gasteiger partial charge is 0.591 e. The number of amidine groups is 1. The maximum atomic E-state index is 12.6. The zero-order chi connectivity index (χ0) is 18.9. The van der Waals surface area contributed by atoms with E-state index in [1.54, 1.807) is 23.4 Å². The fourth-order valence-corrected chi connectivity index (χ4v) is 4.03. The number of hydrogen-bond acceptors (Lipinski definition) is 8. The molecule has 26 heavy (non-hydrogen) atoms. The third-order valence-electron chi connectivity index (χ3n) is 3.79. The molecule has 1 saturated heterocycles. The fraction of sp³-hybridized carbons (Fsp3) is 0.500. The first-order valence-electron chi connectivity index (χ1n) is 7.67. The molecular formula is C14H15F3N4O3S2. The summed E-state index contributed by atoms with van der Waals surface area (Å²) in [7, 11) is 0. The minimum absolute atomic E-state index is 0.0641. The number of hydrogen-bond donors (Lipinski definition) is 1. The van der Waals surface area contributed by atoms with Crippen molar-refractivity contribution in [2.24, 2.45) is 4.99 Å². The standard InChI is InChI=1S/C14H15F3N4O3S2/c1-2-24-13(22)9-6-19-11(12-18-3-4-25-12)21-7-8(5-10(9)21)20-26(23)14(15,16)17/h3-4,8,20H,2,5-7H2,1H3. The van der Waals surface area contributed by atoms with Gasteiger partial charge in [0.25, 0.3) is 0 Å². The van der Waals surface area contributed by atoms with Crippen LogP contribution in [0.2, 0.25) is 0 Å². The molecule has 7 nitrogen and oxygen atoms in total. The van der Waals surface area contributed by atoms with Gasteiger partial charge in [-0.15, -0.1) is 29.2 Å². The topological polar surface area (TPSA) is 89.9 Å². The second-order valence-electron chi connectivity index (χ2n) is 5.47. The molecule has 3 rings (SSSR count). The van der Waals surface area contributed by atoms with E-state index < -0.39 is 28.9 Å². The highest BCUT2D eigenvalue weighted by Crippen LogP contribution is 2.33. The van der Waals surface area contributed by atoms with Crippen molar-refractivity contribution in [3.05, 3.63) is 27.9 Å². The molecule has 3 heterocycles.